The number of hydrogen-bond acceptors (Lipinski definition) is 5. The topological polar surface area (TPSA) is 53.1 Å². The van der Waals surface area contributed by atoms with Gasteiger partial charge >= 0.3 is 0 Å². The first kappa shape index (κ1) is 18.7. The predicted molar refractivity (Wildman–Crippen MR) is 110 cm³/mol. The van der Waals surface area contributed by atoms with Crippen LogP contribution in [0.4, 0.5) is 5.95 Å². The molecule has 0 spiro atoms. The lowest BCUT2D eigenvalue weighted by molar-refractivity contribution is 0.354. The van der Waals surface area contributed by atoms with E-state index in [-0.39, 0.29) is 5.41 Å². The van der Waals surface area contributed by atoms with Gasteiger partial charge in [0, 0.05) is 29.7 Å². The first-order valence-corrected chi connectivity index (χ1v) is 10.3. The van der Waals surface area contributed by atoms with E-state index in [1.807, 2.05) is 18.3 Å². The summed E-state index contributed by atoms with van der Waals surface area (Å²) in [5, 5.41) is 7.77. The number of hydrogen-bond donors (Lipinski definition) is 2. The van der Waals surface area contributed by atoms with Crippen molar-refractivity contribution in [2.75, 3.05) is 45.1 Å². The number of anilines is 1. The number of nitrogens with zero attached hydrogens (tertiary/aromatic N) is 3. The minimum atomic E-state index is -0.156. The fourth-order valence-electron chi connectivity index (χ4n) is 4.51. The summed E-state index contributed by atoms with van der Waals surface area (Å²) >= 11 is 6.61. The number of nitrogens with one attached hydrogen (secondary N) is 2. The number of benzene rings is 1. The SMILES string of the molecule is CN1CC[C@@H](CNc2nccc(C3(c4ccccc4Cl)CCNCC3)n2)C1. The molecule has 0 radical (unpaired) electrons. The first-order valence-electron chi connectivity index (χ1n) is 9.89. The van der Waals surface area contributed by atoms with E-state index < -0.39 is 0 Å². The summed E-state index contributed by atoms with van der Waals surface area (Å²) in [5.74, 6) is 1.39. The van der Waals surface area contributed by atoms with E-state index in [9.17, 15) is 0 Å². The van der Waals surface area contributed by atoms with Crippen LogP contribution in [0.1, 0.15) is 30.5 Å². The van der Waals surface area contributed by atoms with Gasteiger partial charge in [0.1, 0.15) is 0 Å². The van der Waals surface area contributed by atoms with Gasteiger partial charge in [0.05, 0.1) is 5.69 Å². The van der Waals surface area contributed by atoms with Gasteiger partial charge in [-0.25, -0.2) is 9.97 Å². The highest BCUT2D eigenvalue weighted by molar-refractivity contribution is 6.31. The van der Waals surface area contributed by atoms with Crippen LogP contribution in [0.3, 0.4) is 0 Å². The molecule has 144 valence electrons. The van der Waals surface area contributed by atoms with Crippen LogP contribution in [0.2, 0.25) is 5.02 Å². The van der Waals surface area contributed by atoms with Crippen molar-refractivity contribution in [3.63, 3.8) is 0 Å². The van der Waals surface area contributed by atoms with Gasteiger partial charge in [-0.3, -0.25) is 0 Å². The Morgan fingerprint density at radius 3 is 2.81 bits per heavy atom. The summed E-state index contributed by atoms with van der Waals surface area (Å²) in [5.41, 5.74) is 2.09. The summed E-state index contributed by atoms with van der Waals surface area (Å²) in [6.45, 7) is 5.17. The lowest BCUT2D eigenvalue weighted by Gasteiger charge is -2.38. The van der Waals surface area contributed by atoms with Gasteiger partial charge in [0.15, 0.2) is 0 Å². The Morgan fingerprint density at radius 2 is 2.07 bits per heavy atom. The van der Waals surface area contributed by atoms with E-state index in [0.29, 0.717) is 5.92 Å². The van der Waals surface area contributed by atoms with Crippen molar-refractivity contribution in [1.82, 2.24) is 20.2 Å². The first-order chi connectivity index (χ1) is 13.2. The molecule has 0 saturated carbocycles. The molecular formula is C21H28ClN5. The van der Waals surface area contributed by atoms with Crippen LogP contribution in [-0.4, -0.2) is 54.6 Å². The summed E-state index contributed by atoms with van der Waals surface area (Å²) in [6, 6.07) is 10.3. The molecule has 0 amide bonds. The highest BCUT2D eigenvalue weighted by atomic mass is 35.5. The molecule has 0 bridgehead atoms. The number of piperidine rings is 1. The molecular weight excluding hydrogens is 358 g/mol. The smallest absolute Gasteiger partial charge is 0.222 e. The van der Waals surface area contributed by atoms with Gasteiger partial charge in [0.2, 0.25) is 5.95 Å². The average Bonchev–Trinajstić information content (AvgIpc) is 3.13. The second-order valence-corrected chi connectivity index (χ2v) is 8.28. The third kappa shape index (κ3) is 3.96. The molecule has 27 heavy (non-hydrogen) atoms. The van der Waals surface area contributed by atoms with Gasteiger partial charge in [-0.2, -0.15) is 0 Å². The highest BCUT2D eigenvalue weighted by Gasteiger charge is 2.38. The summed E-state index contributed by atoms with van der Waals surface area (Å²) < 4.78 is 0. The van der Waals surface area contributed by atoms with E-state index in [1.165, 1.54) is 18.5 Å². The predicted octanol–water partition coefficient (Wildman–Crippen LogP) is 3.16. The third-order valence-corrected chi connectivity index (χ3v) is 6.36. The fraction of sp³-hybridized carbons (Fsp3) is 0.524. The molecule has 5 nitrogen and oxygen atoms in total. The quantitative estimate of drug-likeness (QED) is 0.828. The van der Waals surface area contributed by atoms with E-state index in [2.05, 4.69) is 45.8 Å². The standard InChI is InChI=1S/C21H28ClN5/c1-27-13-7-16(15-27)14-25-20-24-10-6-19(26-20)21(8-11-23-12-9-21)17-4-2-3-5-18(17)22/h2-6,10,16,23H,7-9,11-15H2,1H3,(H,24,25,26)/t16-/m0/s1. The maximum absolute atomic E-state index is 6.61. The number of rotatable bonds is 5. The minimum Gasteiger partial charge on any atom is -0.354 e. The molecule has 2 saturated heterocycles. The van der Waals surface area contributed by atoms with Crippen LogP contribution >= 0.6 is 11.6 Å². The number of likely N-dealkylation sites (tertiary alicyclic amines) is 1. The van der Waals surface area contributed by atoms with Crippen molar-refractivity contribution in [3.05, 3.63) is 52.8 Å². The Labute approximate surface area is 166 Å². The third-order valence-electron chi connectivity index (χ3n) is 6.03. The van der Waals surface area contributed by atoms with Gasteiger partial charge in [0.25, 0.3) is 0 Å². The molecule has 2 aliphatic heterocycles. The van der Waals surface area contributed by atoms with Crippen LogP contribution in [0.25, 0.3) is 0 Å². The summed E-state index contributed by atoms with van der Waals surface area (Å²) in [6.07, 6.45) is 5.09. The molecule has 1 aromatic heterocycles. The minimum absolute atomic E-state index is 0.156. The lowest BCUT2D eigenvalue weighted by Crippen LogP contribution is -2.41. The number of halogens is 1. The Kier molecular flexibility index (Phi) is 5.62. The molecule has 1 aromatic carbocycles. The van der Waals surface area contributed by atoms with Crippen molar-refractivity contribution < 1.29 is 0 Å². The zero-order valence-electron chi connectivity index (χ0n) is 15.9. The molecule has 1 atom stereocenters. The second kappa shape index (κ2) is 8.13. The molecule has 4 rings (SSSR count). The maximum atomic E-state index is 6.61. The molecule has 2 aliphatic rings. The maximum Gasteiger partial charge on any atom is 0.222 e. The van der Waals surface area contributed by atoms with E-state index in [1.54, 1.807) is 0 Å². The van der Waals surface area contributed by atoms with Crippen LogP contribution in [0, 0.1) is 5.92 Å². The fourth-order valence-corrected chi connectivity index (χ4v) is 4.82. The van der Waals surface area contributed by atoms with E-state index in [4.69, 9.17) is 16.6 Å². The van der Waals surface area contributed by atoms with Crippen LogP contribution in [0.15, 0.2) is 36.5 Å². The van der Waals surface area contributed by atoms with E-state index in [0.717, 1.165) is 55.7 Å². The highest BCUT2D eigenvalue weighted by Crippen LogP contribution is 2.42. The summed E-state index contributed by atoms with van der Waals surface area (Å²) in [7, 11) is 2.18. The van der Waals surface area contributed by atoms with Gasteiger partial charge < -0.3 is 15.5 Å². The Balaban J connectivity index is 1.60. The monoisotopic (exact) mass is 385 g/mol. The summed E-state index contributed by atoms with van der Waals surface area (Å²) in [4.78, 5) is 11.8. The zero-order chi connectivity index (χ0) is 18.7. The van der Waals surface area contributed by atoms with E-state index >= 15 is 0 Å². The number of aromatic nitrogens is 2. The van der Waals surface area contributed by atoms with Gasteiger partial charge in [-0.05, 0) is 69.6 Å². The van der Waals surface area contributed by atoms with Crippen molar-refractivity contribution in [2.24, 2.45) is 5.92 Å². The molecule has 0 aliphatic carbocycles. The largest absolute Gasteiger partial charge is 0.354 e. The van der Waals surface area contributed by atoms with Crippen molar-refractivity contribution in [3.8, 4) is 0 Å². The van der Waals surface area contributed by atoms with Crippen molar-refractivity contribution >= 4 is 17.5 Å². The molecule has 0 unspecified atom stereocenters. The van der Waals surface area contributed by atoms with Crippen LogP contribution in [0.5, 0.6) is 0 Å². The normalized spacial score (nSPS) is 22.7. The van der Waals surface area contributed by atoms with Gasteiger partial charge in [-0.1, -0.05) is 29.8 Å². The lowest BCUT2D eigenvalue weighted by atomic mass is 9.70. The van der Waals surface area contributed by atoms with Crippen molar-refractivity contribution in [2.45, 2.75) is 24.7 Å². The molecule has 2 fully saturated rings. The Bertz CT molecular complexity index is 775. The molecule has 6 heteroatoms. The van der Waals surface area contributed by atoms with Gasteiger partial charge in [-0.15, -0.1) is 0 Å². The molecule has 2 N–H and O–H groups in total. The Hall–Kier alpha value is -1.69. The average molecular weight is 386 g/mol. The van der Waals surface area contributed by atoms with Crippen molar-refractivity contribution in [1.29, 1.82) is 0 Å². The van der Waals surface area contributed by atoms with Crippen LogP contribution in [-0.2, 0) is 5.41 Å². The zero-order valence-corrected chi connectivity index (χ0v) is 16.7. The molecule has 2 aromatic rings. The molecule has 3 heterocycles. The Morgan fingerprint density at radius 1 is 1.26 bits per heavy atom. The van der Waals surface area contributed by atoms with Crippen LogP contribution < -0.4 is 10.6 Å². The second-order valence-electron chi connectivity index (χ2n) is 7.88.